The summed E-state index contributed by atoms with van der Waals surface area (Å²) in [5.41, 5.74) is 8.03. The first-order valence-electron chi connectivity index (χ1n) is 7.26. The molecule has 1 unspecified atom stereocenters. The molecule has 0 aliphatic carbocycles. The minimum absolute atomic E-state index is 0.0369. The molecule has 106 valence electrons. The molecule has 0 aliphatic heterocycles. The summed E-state index contributed by atoms with van der Waals surface area (Å²) in [7, 11) is 0. The Kier molecular flexibility index (Phi) is 6.40. The summed E-state index contributed by atoms with van der Waals surface area (Å²) >= 11 is 0. The first-order valence-corrected chi connectivity index (χ1v) is 7.26. The third-order valence-corrected chi connectivity index (χ3v) is 3.41. The summed E-state index contributed by atoms with van der Waals surface area (Å²) in [6.07, 6.45) is 5.45. The van der Waals surface area contributed by atoms with Crippen LogP contribution in [0.15, 0.2) is 18.2 Å². The van der Waals surface area contributed by atoms with Gasteiger partial charge in [-0.15, -0.1) is 0 Å². The summed E-state index contributed by atoms with van der Waals surface area (Å²) in [5, 5.41) is 3.13. The van der Waals surface area contributed by atoms with Crippen molar-refractivity contribution in [3.05, 3.63) is 29.3 Å². The van der Waals surface area contributed by atoms with Crippen LogP contribution < -0.4 is 11.1 Å². The molecule has 1 atom stereocenters. The van der Waals surface area contributed by atoms with Crippen molar-refractivity contribution in [2.75, 3.05) is 5.73 Å². The highest BCUT2D eigenvalue weighted by atomic mass is 16.1. The quantitative estimate of drug-likeness (QED) is 0.737. The molecule has 1 rings (SSSR count). The van der Waals surface area contributed by atoms with Crippen LogP contribution >= 0.6 is 0 Å². The van der Waals surface area contributed by atoms with Crippen molar-refractivity contribution in [2.24, 2.45) is 0 Å². The van der Waals surface area contributed by atoms with E-state index in [1.54, 1.807) is 6.07 Å². The van der Waals surface area contributed by atoms with Gasteiger partial charge in [-0.25, -0.2) is 0 Å². The zero-order valence-corrected chi connectivity index (χ0v) is 12.3. The van der Waals surface area contributed by atoms with Gasteiger partial charge >= 0.3 is 0 Å². The molecule has 0 aliphatic rings. The molecule has 0 fully saturated rings. The van der Waals surface area contributed by atoms with Crippen LogP contribution in [0.5, 0.6) is 0 Å². The molecular weight excluding hydrogens is 236 g/mol. The molecule has 3 nitrogen and oxygen atoms in total. The van der Waals surface area contributed by atoms with E-state index in [1.807, 2.05) is 19.1 Å². The highest BCUT2D eigenvalue weighted by Gasteiger charge is 2.16. The number of amides is 1. The molecular formula is C16H26N2O. The Hall–Kier alpha value is -1.51. The molecule has 0 bridgehead atoms. The van der Waals surface area contributed by atoms with E-state index in [0.717, 1.165) is 37.7 Å². The molecule has 0 radical (unpaired) electrons. The molecule has 0 saturated carbocycles. The lowest BCUT2D eigenvalue weighted by Gasteiger charge is -2.19. The smallest absolute Gasteiger partial charge is 0.253 e. The van der Waals surface area contributed by atoms with E-state index < -0.39 is 0 Å². The Balaban J connectivity index is 2.75. The van der Waals surface area contributed by atoms with Crippen molar-refractivity contribution in [1.82, 2.24) is 5.32 Å². The molecule has 0 aromatic heterocycles. The molecule has 1 amide bonds. The van der Waals surface area contributed by atoms with Crippen molar-refractivity contribution < 1.29 is 4.79 Å². The van der Waals surface area contributed by atoms with Crippen LogP contribution in [0.4, 0.5) is 5.69 Å². The summed E-state index contributed by atoms with van der Waals surface area (Å²) in [6.45, 7) is 6.24. The largest absolute Gasteiger partial charge is 0.398 e. The lowest BCUT2D eigenvalue weighted by molar-refractivity contribution is 0.0932. The van der Waals surface area contributed by atoms with Crippen LogP contribution in [0, 0.1) is 6.92 Å². The van der Waals surface area contributed by atoms with Gasteiger partial charge in [0.25, 0.3) is 5.91 Å². The van der Waals surface area contributed by atoms with Gasteiger partial charge in [0.2, 0.25) is 0 Å². The van der Waals surface area contributed by atoms with Crippen molar-refractivity contribution in [3.8, 4) is 0 Å². The van der Waals surface area contributed by atoms with Crippen LogP contribution in [0.2, 0.25) is 0 Å². The van der Waals surface area contributed by atoms with E-state index in [-0.39, 0.29) is 11.9 Å². The van der Waals surface area contributed by atoms with Crippen LogP contribution in [-0.4, -0.2) is 11.9 Å². The highest BCUT2D eigenvalue weighted by Crippen LogP contribution is 2.17. The number of carbonyl (C=O) groups is 1. The molecule has 3 N–H and O–H groups in total. The van der Waals surface area contributed by atoms with E-state index in [9.17, 15) is 4.79 Å². The highest BCUT2D eigenvalue weighted by molar-refractivity contribution is 6.00. The molecule has 1 aromatic carbocycles. The van der Waals surface area contributed by atoms with Crippen molar-refractivity contribution >= 4 is 11.6 Å². The fourth-order valence-electron chi connectivity index (χ4n) is 2.35. The maximum atomic E-state index is 12.3. The molecule has 3 heteroatoms. The molecule has 0 saturated heterocycles. The Bertz CT molecular complexity index is 395. The number of aryl methyl sites for hydroxylation is 1. The minimum Gasteiger partial charge on any atom is -0.398 e. The summed E-state index contributed by atoms with van der Waals surface area (Å²) in [4.78, 5) is 12.3. The number of carbonyl (C=O) groups excluding carboxylic acids is 1. The van der Waals surface area contributed by atoms with E-state index in [2.05, 4.69) is 19.2 Å². The number of unbranched alkanes of at least 4 members (excludes halogenated alkanes) is 1. The maximum absolute atomic E-state index is 12.3. The summed E-state index contributed by atoms with van der Waals surface area (Å²) < 4.78 is 0. The Morgan fingerprint density at radius 1 is 1.26 bits per heavy atom. The SMILES string of the molecule is CCCCC(CCC)NC(=O)c1c(C)cccc1N. The number of nitrogens with one attached hydrogen (secondary N) is 1. The van der Waals surface area contributed by atoms with E-state index >= 15 is 0 Å². The second-order valence-corrected chi connectivity index (χ2v) is 5.14. The monoisotopic (exact) mass is 262 g/mol. The fraction of sp³-hybridized carbons (Fsp3) is 0.562. The third-order valence-electron chi connectivity index (χ3n) is 3.41. The lowest BCUT2D eigenvalue weighted by Crippen LogP contribution is -2.35. The predicted octanol–water partition coefficient (Wildman–Crippen LogP) is 3.67. The molecule has 19 heavy (non-hydrogen) atoms. The number of hydrogen-bond donors (Lipinski definition) is 2. The van der Waals surface area contributed by atoms with Crippen LogP contribution in [-0.2, 0) is 0 Å². The summed E-state index contributed by atoms with van der Waals surface area (Å²) in [6, 6.07) is 5.84. The molecule has 0 heterocycles. The zero-order chi connectivity index (χ0) is 14.3. The number of anilines is 1. The van der Waals surface area contributed by atoms with Gasteiger partial charge in [0.1, 0.15) is 0 Å². The first kappa shape index (κ1) is 15.5. The van der Waals surface area contributed by atoms with Crippen molar-refractivity contribution in [1.29, 1.82) is 0 Å². The number of rotatable bonds is 7. The van der Waals surface area contributed by atoms with Gasteiger partial charge in [-0.1, -0.05) is 45.2 Å². The maximum Gasteiger partial charge on any atom is 0.253 e. The fourth-order valence-corrected chi connectivity index (χ4v) is 2.35. The van der Waals surface area contributed by atoms with Crippen molar-refractivity contribution in [2.45, 2.75) is 58.9 Å². The van der Waals surface area contributed by atoms with E-state index in [0.29, 0.717) is 11.3 Å². The first-order chi connectivity index (χ1) is 9.10. The van der Waals surface area contributed by atoms with Gasteiger partial charge in [-0.05, 0) is 31.4 Å². The Morgan fingerprint density at radius 3 is 2.58 bits per heavy atom. The van der Waals surface area contributed by atoms with Gasteiger partial charge < -0.3 is 11.1 Å². The van der Waals surface area contributed by atoms with Crippen LogP contribution in [0.3, 0.4) is 0 Å². The number of nitrogen functional groups attached to an aromatic ring is 1. The predicted molar refractivity (Wildman–Crippen MR) is 81.3 cm³/mol. The average molecular weight is 262 g/mol. The number of hydrogen-bond acceptors (Lipinski definition) is 2. The van der Waals surface area contributed by atoms with Crippen LogP contribution in [0.25, 0.3) is 0 Å². The third kappa shape index (κ3) is 4.58. The van der Waals surface area contributed by atoms with Gasteiger partial charge in [0, 0.05) is 11.7 Å². The summed E-state index contributed by atoms with van der Waals surface area (Å²) in [5.74, 6) is -0.0369. The van der Waals surface area contributed by atoms with Gasteiger partial charge in [0.05, 0.1) is 5.56 Å². The lowest BCUT2D eigenvalue weighted by atomic mass is 10.0. The van der Waals surface area contributed by atoms with Crippen molar-refractivity contribution in [3.63, 3.8) is 0 Å². The Morgan fingerprint density at radius 2 is 2.00 bits per heavy atom. The zero-order valence-electron chi connectivity index (χ0n) is 12.3. The second kappa shape index (κ2) is 7.82. The van der Waals surface area contributed by atoms with Crippen LogP contribution in [0.1, 0.15) is 61.9 Å². The van der Waals surface area contributed by atoms with E-state index in [4.69, 9.17) is 5.73 Å². The van der Waals surface area contributed by atoms with Gasteiger partial charge in [-0.2, -0.15) is 0 Å². The minimum atomic E-state index is -0.0369. The van der Waals surface area contributed by atoms with E-state index in [1.165, 1.54) is 0 Å². The van der Waals surface area contributed by atoms with Gasteiger partial charge in [-0.3, -0.25) is 4.79 Å². The number of benzene rings is 1. The number of nitrogens with two attached hydrogens (primary N) is 1. The average Bonchev–Trinajstić information content (AvgIpc) is 2.36. The standard InChI is InChI=1S/C16H26N2O/c1-4-6-10-13(8-5-2)18-16(19)15-12(3)9-7-11-14(15)17/h7,9,11,13H,4-6,8,10,17H2,1-3H3,(H,18,19). The molecule has 0 spiro atoms. The molecule has 1 aromatic rings. The Labute approximate surface area is 116 Å². The topological polar surface area (TPSA) is 55.1 Å². The normalized spacial score (nSPS) is 12.2. The second-order valence-electron chi connectivity index (χ2n) is 5.14. The van der Waals surface area contributed by atoms with Gasteiger partial charge in [0.15, 0.2) is 0 Å².